The minimum absolute atomic E-state index is 0.0639. The second-order valence-corrected chi connectivity index (χ2v) is 6.19. The van der Waals surface area contributed by atoms with Gasteiger partial charge in [-0.25, -0.2) is 0 Å². The highest BCUT2D eigenvalue weighted by Gasteiger charge is 2.51. The third-order valence-corrected chi connectivity index (χ3v) is 4.76. The monoisotopic (exact) mass is 210 g/mol. The summed E-state index contributed by atoms with van der Waals surface area (Å²) in [6, 6.07) is 0. The van der Waals surface area contributed by atoms with Crippen LogP contribution in [-0.2, 0) is 4.79 Å². The number of rotatable bonds is 0. The number of carbonyl (C=O) groups is 1. The van der Waals surface area contributed by atoms with Gasteiger partial charge in [-0.05, 0) is 49.5 Å². The zero-order chi connectivity index (χ0) is 9.92. The lowest BCUT2D eigenvalue weighted by atomic mass is 9.67. The second kappa shape index (κ2) is 2.63. The summed E-state index contributed by atoms with van der Waals surface area (Å²) in [5.74, 6) is 1.60. The van der Waals surface area contributed by atoms with E-state index in [1.165, 1.54) is 0 Å². The van der Waals surface area contributed by atoms with Crippen LogP contribution in [0.25, 0.3) is 0 Å². The number of allylic oxidation sites excluding steroid dienone is 1. The van der Waals surface area contributed by atoms with Gasteiger partial charge in [0.1, 0.15) is 0 Å². The van der Waals surface area contributed by atoms with Gasteiger partial charge in [0, 0.05) is 10.8 Å². The summed E-state index contributed by atoms with van der Waals surface area (Å²) in [4.78, 5) is 11.9. The summed E-state index contributed by atoms with van der Waals surface area (Å²) in [6.45, 7) is 3.98. The van der Waals surface area contributed by atoms with Crippen molar-refractivity contribution in [2.45, 2.75) is 37.0 Å². The molecule has 4 aliphatic carbocycles. The molecule has 4 saturated carbocycles. The molecule has 2 heteroatoms. The average Bonchev–Trinajstić information content (AvgIpc) is 2.21. The summed E-state index contributed by atoms with van der Waals surface area (Å²) in [7, 11) is 0. The van der Waals surface area contributed by atoms with Crippen LogP contribution in [0.4, 0.5) is 0 Å². The molecule has 4 rings (SSSR count). The third kappa shape index (κ3) is 1.11. The Bertz CT molecular complexity index is 294. The van der Waals surface area contributed by atoms with Gasteiger partial charge in [0.25, 0.3) is 0 Å². The van der Waals surface area contributed by atoms with Crippen molar-refractivity contribution in [2.75, 3.05) is 0 Å². The molecule has 0 aromatic rings. The van der Waals surface area contributed by atoms with Gasteiger partial charge >= 0.3 is 0 Å². The molecule has 4 fully saturated rings. The van der Waals surface area contributed by atoms with Crippen molar-refractivity contribution in [1.82, 2.24) is 0 Å². The first-order chi connectivity index (χ1) is 6.57. The van der Waals surface area contributed by atoms with Crippen molar-refractivity contribution in [1.29, 1.82) is 0 Å². The molecule has 4 atom stereocenters. The van der Waals surface area contributed by atoms with Crippen LogP contribution in [0.15, 0.2) is 12.2 Å². The van der Waals surface area contributed by atoms with E-state index in [1.807, 2.05) is 0 Å². The maximum atomic E-state index is 12.0. The smallest absolute Gasteiger partial charge is 0.161 e. The topological polar surface area (TPSA) is 17.1 Å². The van der Waals surface area contributed by atoms with E-state index >= 15 is 0 Å². The number of halogens is 1. The van der Waals surface area contributed by atoms with E-state index in [0.717, 1.165) is 37.7 Å². The molecule has 0 aromatic carbocycles. The molecule has 1 nitrogen and oxygen atoms in total. The van der Waals surface area contributed by atoms with Crippen molar-refractivity contribution in [3.8, 4) is 0 Å². The van der Waals surface area contributed by atoms with Crippen LogP contribution in [0.3, 0.4) is 0 Å². The van der Waals surface area contributed by atoms with Gasteiger partial charge in [-0.15, -0.1) is 11.6 Å². The van der Waals surface area contributed by atoms with Crippen LogP contribution in [0, 0.1) is 17.8 Å². The third-order valence-electron chi connectivity index (χ3n) is 4.29. The first-order valence-corrected chi connectivity index (χ1v) is 5.87. The van der Waals surface area contributed by atoms with Gasteiger partial charge in [0.15, 0.2) is 5.78 Å². The van der Waals surface area contributed by atoms with E-state index in [9.17, 15) is 4.79 Å². The minimum Gasteiger partial charge on any atom is -0.294 e. The lowest BCUT2D eigenvalue weighted by molar-refractivity contribution is -0.120. The molecule has 0 radical (unpaired) electrons. The molecule has 0 spiro atoms. The Morgan fingerprint density at radius 1 is 1.21 bits per heavy atom. The van der Waals surface area contributed by atoms with Crippen LogP contribution < -0.4 is 0 Å². The second-order valence-electron chi connectivity index (χ2n) is 5.38. The van der Waals surface area contributed by atoms with E-state index in [4.69, 9.17) is 11.6 Å². The minimum atomic E-state index is -0.0639. The SMILES string of the molecule is C=C1C(=O)C2CC3CC1CC(Cl)(C3)C2. The highest BCUT2D eigenvalue weighted by Crippen LogP contribution is 2.56. The summed E-state index contributed by atoms with van der Waals surface area (Å²) >= 11 is 6.57. The van der Waals surface area contributed by atoms with Crippen LogP contribution in [0.1, 0.15) is 32.1 Å². The molecule has 0 saturated heterocycles. The molecule has 76 valence electrons. The molecule has 14 heavy (non-hydrogen) atoms. The van der Waals surface area contributed by atoms with E-state index in [0.29, 0.717) is 17.6 Å². The number of hydrogen-bond acceptors (Lipinski definition) is 1. The number of carbonyl (C=O) groups excluding carboxylic acids is 1. The van der Waals surface area contributed by atoms with Crippen LogP contribution in [-0.4, -0.2) is 10.7 Å². The largest absolute Gasteiger partial charge is 0.294 e. The van der Waals surface area contributed by atoms with Crippen molar-refractivity contribution in [3.63, 3.8) is 0 Å². The van der Waals surface area contributed by atoms with E-state index in [2.05, 4.69) is 6.58 Å². The Kier molecular flexibility index (Phi) is 1.69. The Hall–Kier alpha value is -0.300. The summed E-state index contributed by atoms with van der Waals surface area (Å²) < 4.78 is 0. The fraction of sp³-hybridized carbons (Fsp3) is 0.750. The van der Waals surface area contributed by atoms with E-state index in [-0.39, 0.29) is 10.8 Å². The Labute approximate surface area is 89.5 Å². The number of hydrogen-bond donors (Lipinski definition) is 0. The average molecular weight is 211 g/mol. The highest BCUT2D eigenvalue weighted by atomic mass is 35.5. The fourth-order valence-electron chi connectivity index (χ4n) is 3.81. The molecular weight excluding hydrogens is 196 g/mol. The Morgan fingerprint density at radius 2 is 1.86 bits per heavy atom. The van der Waals surface area contributed by atoms with Gasteiger partial charge in [0.2, 0.25) is 0 Å². The molecule has 0 heterocycles. The zero-order valence-corrected chi connectivity index (χ0v) is 9.02. The zero-order valence-electron chi connectivity index (χ0n) is 8.26. The molecule has 4 unspecified atom stereocenters. The van der Waals surface area contributed by atoms with Crippen LogP contribution in [0.5, 0.6) is 0 Å². The molecule has 0 N–H and O–H groups in total. The lowest BCUT2D eigenvalue weighted by Crippen LogP contribution is -2.39. The molecular formula is C12H15ClO. The predicted molar refractivity (Wildman–Crippen MR) is 56.3 cm³/mol. The predicted octanol–water partition coefficient (Wildman–Crippen LogP) is 2.93. The van der Waals surface area contributed by atoms with Gasteiger partial charge in [-0.2, -0.15) is 0 Å². The van der Waals surface area contributed by atoms with Gasteiger partial charge in [-0.3, -0.25) is 4.79 Å². The molecule has 4 aliphatic rings. The van der Waals surface area contributed by atoms with Crippen LogP contribution in [0.2, 0.25) is 0 Å². The molecule has 0 aromatic heterocycles. The maximum absolute atomic E-state index is 12.0. The number of Topliss-reactive ketones (excluding diaryl/α,β-unsaturated/α-hetero) is 1. The Balaban J connectivity index is 2.07. The fourth-order valence-corrected chi connectivity index (χ4v) is 4.40. The standard InChI is InChI=1S/C12H15ClO/c1-7-9-2-8-3-10(11(7)14)6-12(13,4-8)5-9/h8-10H,1-6H2. The van der Waals surface area contributed by atoms with E-state index in [1.54, 1.807) is 0 Å². The quantitative estimate of drug-likeness (QED) is 0.444. The van der Waals surface area contributed by atoms with Crippen molar-refractivity contribution >= 4 is 17.4 Å². The first-order valence-electron chi connectivity index (χ1n) is 5.49. The summed E-state index contributed by atoms with van der Waals surface area (Å²) in [5, 5.41) is 0. The number of alkyl halides is 1. The van der Waals surface area contributed by atoms with Crippen molar-refractivity contribution < 1.29 is 4.79 Å². The van der Waals surface area contributed by atoms with Crippen molar-refractivity contribution in [2.24, 2.45) is 17.8 Å². The summed E-state index contributed by atoms with van der Waals surface area (Å²) in [6.07, 6.45) is 5.26. The normalized spacial score (nSPS) is 51.1. The summed E-state index contributed by atoms with van der Waals surface area (Å²) in [5.41, 5.74) is 0.875. The molecule has 0 aliphatic heterocycles. The maximum Gasteiger partial charge on any atom is 0.161 e. The lowest BCUT2D eigenvalue weighted by Gasteiger charge is -2.43. The van der Waals surface area contributed by atoms with Gasteiger partial charge in [-0.1, -0.05) is 6.58 Å². The number of ketones is 1. The number of fused-ring (bicyclic) bond motifs is 1. The Morgan fingerprint density at radius 3 is 2.57 bits per heavy atom. The molecule has 4 bridgehead atoms. The van der Waals surface area contributed by atoms with Gasteiger partial charge in [0.05, 0.1) is 0 Å². The highest BCUT2D eigenvalue weighted by molar-refractivity contribution is 6.24. The van der Waals surface area contributed by atoms with Crippen molar-refractivity contribution in [3.05, 3.63) is 12.2 Å². The molecule has 0 amide bonds. The first kappa shape index (κ1) is 8.96. The van der Waals surface area contributed by atoms with Crippen LogP contribution >= 0.6 is 11.6 Å². The van der Waals surface area contributed by atoms with Gasteiger partial charge < -0.3 is 0 Å². The van der Waals surface area contributed by atoms with E-state index < -0.39 is 0 Å².